The molecule has 28 heavy (non-hydrogen) atoms. The lowest BCUT2D eigenvalue weighted by molar-refractivity contribution is -0.137. The number of carbonyl (C=O) groups is 1. The molecule has 0 aliphatic carbocycles. The van der Waals surface area contributed by atoms with Gasteiger partial charge in [-0.15, -0.1) is 0 Å². The van der Waals surface area contributed by atoms with Gasteiger partial charge in [-0.05, 0) is 38.8 Å². The Balaban J connectivity index is 2.08. The minimum Gasteiger partial charge on any atom is -0.494 e. The van der Waals surface area contributed by atoms with E-state index in [1.807, 2.05) is 13.0 Å². The number of carboxylic acid groups (broad SMARTS) is 1. The van der Waals surface area contributed by atoms with Gasteiger partial charge < -0.3 is 9.84 Å². The summed E-state index contributed by atoms with van der Waals surface area (Å²) in [5, 5.41) is 13.3. The van der Waals surface area contributed by atoms with Crippen LogP contribution in [0.2, 0.25) is 0 Å². The number of hydrogen-bond acceptors (Lipinski definition) is 5. The fourth-order valence-electron chi connectivity index (χ4n) is 3.75. The molecule has 0 saturated heterocycles. The van der Waals surface area contributed by atoms with Crippen molar-refractivity contribution in [1.82, 2.24) is 9.78 Å². The van der Waals surface area contributed by atoms with E-state index in [-0.39, 0.29) is 23.8 Å². The van der Waals surface area contributed by atoms with E-state index in [0.717, 1.165) is 5.56 Å². The molecule has 2 aromatic rings. The summed E-state index contributed by atoms with van der Waals surface area (Å²) in [5.74, 6) is -0.499. The van der Waals surface area contributed by atoms with E-state index in [1.54, 1.807) is 37.7 Å². The van der Waals surface area contributed by atoms with Gasteiger partial charge in [-0.2, -0.15) is 5.10 Å². The molecule has 0 fully saturated rings. The summed E-state index contributed by atoms with van der Waals surface area (Å²) in [6.45, 7) is 5.93. The second-order valence-electron chi connectivity index (χ2n) is 6.94. The van der Waals surface area contributed by atoms with Crippen molar-refractivity contribution in [3.8, 4) is 5.75 Å². The predicted molar refractivity (Wildman–Crippen MR) is 104 cm³/mol. The lowest BCUT2D eigenvalue weighted by Gasteiger charge is -2.21. The zero-order chi connectivity index (χ0) is 20.6. The van der Waals surface area contributed by atoms with Crippen LogP contribution in [0.3, 0.4) is 0 Å². The number of fused-ring (bicyclic) bond motifs is 1. The Hall–Kier alpha value is -2.55. The number of sulfonamides is 1. The summed E-state index contributed by atoms with van der Waals surface area (Å²) in [4.78, 5) is 11.2. The van der Waals surface area contributed by atoms with Gasteiger partial charge in [0.2, 0.25) is 0 Å². The van der Waals surface area contributed by atoms with Crippen molar-refractivity contribution in [3.05, 3.63) is 35.2 Å². The minimum atomic E-state index is -3.85. The molecular formula is C19H25N3O5S. The maximum atomic E-state index is 13.5. The molecule has 1 aliphatic rings. The quantitative estimate of drug-likeness (QED) is 0.757. The van der Waals surface area contributed by atoms with Crippen molar-refractivity contribution in [1.29, 1.82) is 0 Å². The van der Waals surface area contributed by atoms with E-state index < -0.39 is 16.0 Å². The lowest BCUT2D eigenvalue weighted by Crippen LogP contribution is -2.31. The molecule has 1 atom stereocenters. The monoisotopic (exact) mass is 407 g/mol. The molecular weight excluding hydrogens is 382 g/mol. The number of aromatic nitrogens is 2. The van der Waals surface area contributed by atoms with Crippen molar-refractivity contribution in [2.24, 2.45) is 7.05 Å². The number of ether oxygens (including phenoxy) is 1. The van der Waals surface area contributed by atoms with Gasteiger partial charge in [0.05, 0.1) is 23.7 Å². The van der Waals surface area contributed by atoms with E-state index in [1.165, 1.54) is 4.31 Å². The smallest absolute Gasteiger partial charge is 0.303 e. The summed E-state index contributed by atoms with van der Waals surface area (Å²) in [6.07, 6.45) is 0.351. The van der Waals surface area contributed by atoms with Crippen LogP contribution in [0, 0.1) is 13.8 Å². The van der Waals surface area contributed by atoms with Crippen LogP contribution >= 0.6 is 0 Å². The number of hydrogen-bond donors (Lipinski definition) is 1. The van der Waals surface area contributed by atoms with Crippen LogP contribution in [0.1, 0.15) is 42.6 Å². The third-order valence-corrected chi connectivity index (χ3v) is 7.14. The van der Waals surface area contributed by atoms with Crippen molar-refractivity contribution in [2.75, 3.05) is 17.5 Å². The molecule has 9 heteroatoms. The van der Waals surface area contributed by atoms with Gasteiger partial charge >= 0.3 is 5.97 Å². The number of nitrogens with zero attached hydrogens (tertiary/aromatic N) is 3. The second kappa shape index (κ2) is 7.46. The highest BCUT2D eigenvalue weighted by Gasteiger charge is 2.39. The maximum absolute atomic E-state index is 13.5. The molecule has 1 N–H and O–H groups in total. The standard InChI is InChI=1S/C19H25N3O5S/c1-5-27-15-7-8-16-14(6-9-18(23)24)11-22(17(16)10-15)28(25,26)19-12(2)20-21(4)13(19)3/h7-8,10,14H,5-6,9,11H2,1-4H3,(H,23,24). The van der Waals surface area contributed by atoms with Gasteiger partial charge in [0.15, 0.2) is 0 Å². The highest BCUT2D eigenvalue weighted by atomic mass is 32.2. The normalized spacial score (nSPS) is 16.3. The molecule has 0 spiro atoms. The van der Waals surface area contributed by atoms with Crippen molar-refractivity contribution in [2.45, 2.75) is 44.4 Å². The molecule has 8 nitrogen and oxygen atoms in total. The maximum Gasteiger partial charge on any atom is 0.303 e. The summed E-state index contributed by atoms with van der Waals surface area (Å²) >= 11 is 0. The highest BCUT2D eigenvalue weighted by Crippen LogP contribution is 2.44. The fraction of sp³-hybridized carbons (Fsp3) is 0.474. The van der Waals surface area contributed by atoms with E-state index >= 15 is 0 Å². The van der Waals surface area contributed by atoms with Gasteiger partial charge in [0, 0.05) is 32.0 Å². The number of anilines is 1. The molecule has 0 radical (unpaired) electrons. The van der Waals surface area contributed by atoms with Crippen LogP contribution in [-0.2, 0) is 21.9 Å². The molecule has 3 rings (SSSR count). The molecule has 0 bridgehead atoms. The Morgan fingerprint density at radius 2 is 2.07 bits per heavy atom. The zero-order valence-electron chi connectivity index (χ0n) is 16.5. The third-order valence-electron chi connectivity index (χ3n) is 5.11. The number of benzene rings is 1. The van der Waals surface area contributed by atoms with Crippen LogP contribution in [0.5, 0.6) is 5.75 Å². The van der Waals surface area contributed by atoms with Gasteiger partial charge in [-0.3, -0.25) is 13.8 Å². The average molecular weight is 407 g/mol. The number of aliphatic carboxylic acids is 1. The Bertz CT molecular complexity index is 1010. The molecule has 152 valence electrons. The van der Waals surface area contributed by atoms with Crippen LogP contribution < -0.4 is 9.04 Å². The Labute approximate surface area is 164 Å². The van der Waals surface area contributed by atoms with Crippen LogP contribution in [0.4, 0.5) is 5.69 Å². The van der Waals surface area contributed by atoms with E-state index in [0.29, 0.717) is 35.9 Å². The molecule has 0 saturated carbocycles. The molecule has 1 aromatic carbocycles. The topological polar surface area (TPSA) is 102 Å². The lowest BCUT2D eigenvalue weighted by atomic mass is 9.96. The third kappa shape index (κ3) is 3.46. The number of aryl methyl sites for hydroxylation is 2. The molecule has 0 amide bonds. The molecule has 1 aromatic heterocycles. The predicted octanol–water partition coefficient (Wildman–Crippen LogP) is 2.59. The van der Waals surface area contributed by atoms with Crippen molar-refractivity contribution in [3.63, 3.8) is 0 Å². The highest BCUT2D eigenvalue weighted by molar-refractivity contribution is 7.93. The summed E-state index contributed by atoms with van der Waals surface area (Å²) in [5.41, 5.74) is 2.38. The van der Waals surface area contributed by atoms with Gasteiger partial charge in [-0.1, -0.05) is 6.07 Å². The first-order valence-electron chi connectivity index (χ1n) is 9.18. The van der Waals surface area contributed by atoms with E-state index in [4.69, 9.17) is 9.84 Å². The molecule has 1 aliphatic heterocycles. The fourth-order valence-corrected chi connectivity index (χ4v) is 5.68. The Kier molecular flexibility index (Phi) is 5.38. The van der Waals surface area contributed by atoms with Gasteiger partial charge in [0.1, 0.15) is 10.6 Å². The van der Waals surface area contributed by atoms with Crippen LogP contribution in [0.15, 0.2) is 23.1 Å². The van der Waals surface area contributed by atoms with Gasteiger partial charge in [0.25, 0.3) is 10.0 Å². The van der Waals surface area contributed by atoms with Gasteiger partial charge in [-0.25, -0.2) is 8.42 Å². The Morgan fingerprint density at radius 3 is 2.64 bits per heavy atom. The number of rotatable bonds is 7. The van der Waals surface area contributed by atoms with Crippen LogP contribution in [0.25, 0.3) is 0 Å². The van der Waals surface area contributed by atoms with Crippen molar-refractivity contribution < 1.29 is 23.1 Å². The minimum absolute atomic E-state index is 0.0177. The van der Waals surface area contributed by atoms with Crippen molar-refractivity contribution >= 4 is 21.7 Å². The number of carboxylic acids is 1. The largest absolute Gasteiger partial charge is 0.494 e. The zero-order valence-corrected chi connectivity index (χ0v) is 17.3. The first-order chi connectivity index (χ1) is 13.2. The Morgan fingerprint density at radius 1 is 1.36 bits per heavy atom. The van der Waals surface area contributed by atoms with E-state index in [9.17, 15) is 13.2 Å². The average Bonchev–Trinajstić information content (AvgIpc) is 3.10. The summed E-state index contributed by atoms with van der Waals surface area (Å²) < 4.78 is 35.5. The van der Waals surface area contributed by atoms with E-state index in [2.05, 4.69) is 5.10 Å². The first kappa shape index (κ1) is 20.2. The van der Waals surface area contributed by atoms with Crippen LogP contribution in [-0.4, -0.2) is 42.4 Å². The summed E-state index contributed by atoms with van der Waals surface area (Å²) in [7, 11) is -2.14. The second-order valence-corrected chi connectivity index (χ2v) is 8.74. The first-order valence-corrected chi connectivity index (χ1v) is 10.6. The SMILES string of the molecule is CCOc1ccc2c(c1)N(S(=O)(=O)c1c(C)nn(C)c1C)CC2CCC(=O)O. The molecule has 2 heterocycles. The summed E-state index contributed by atoms with van der Waals surface area (Å²) in [6, 6.07) is 5.36. The molecule has 1 unspecified atom stereocenters.